The van der Waals surface area contributed by atoms with E-state index in [1.54, 1.807) is 0 Å². The first-order chi connectivity index (χ1) is 9.75. The molecule has 0 heterocycles. The molecule has 1 fully saturated rings. The number of fused-ring (bicyclic) bond motifs is 1. The van der Waals surface area contributed by atoms with Crippen molar-refractivity contribution in [2.24, 2.45) is 5.92 Å². The van der Waals surface area contributed by atoms with E-state index in [9.17, 15) is 5.11 Å². The zero-order valence-corrected chi connectivity index (χ0v) is 12.6. The number of nitrogens with zero attached hydrogens (tertiary/aromatic N) is 1. The van der Waals surface area contributed by atoms with Crippen LogP contribution >= 0.6 is 0 Å². The molecule has 2 aliphatic carbocycles. The number of rotatable bonds is 3. The summed E-state index contributed by atoms with van der Waals surface area (Å²) in [5.74, 6) is 0.845. The Labute approximate surface area is 122 Å². The molecule has 110 valence electrons. The van der Waals surface area contributed by atoms with Crippen LogP contribution < -0.4 is 0 Å². The molecule has 1 N–H and O–H groups in total. The van der Waals surface area contributed by atoms with Crippen molar-refractivity contribution in [3.05, 3.63) is 35.4 Å². The Morgan fingerprint density at radius 3 is 2.65 bits per heavy atom. The van der Waals surface area contributed by atoms with Crippen LogP contribution in [-0.2, 0) is 6.42 Å². The van der Waals surface area contributed by atoms with Crippen molar-refractivity contribution >= 4 is 0 Å². The summed E-state index contributed by atoms with van der Waals surface area (Å²) < 4.78 is 0. The summed E-state index contributed by atoms with van der Waals surface area (Å²) in [5.41, 5.74) is 2.49. The van der Waals surface area contributed by atoms with Crippen molar-refractivity contribution in [2.75, 3.05) is 13.6 Å². The van der Waals surface area contributed by atoms with Crippen LogP contribution in [0, 0.1) is 5.92 Å². The van der Waals surface area contributed by atoms with Crippen LogP contribution in [0.4, 0.5) is 0 Å². The van der Waals surface area contributed by atoms with E-state index in [-0.39, 0.29) is 6.10 Å². The van der Waals surface area contributed by atoms with Crippen molar-refractivity contribution in [1.29, 1.82) is 0 Å². The molecule has 2 nitrogen and oxygen atoms in total. The van der Waals surface area contributed by atoms with E-state index in [0.717, 1.165) is 30.9 Å². The Morgan fingerprint density at radius 2 is 1.85 bits per heavy atom. The van der Waals surface area contributed by atoms with Gasteiger partial charge in [-0.15, -0.1) is 0 Å². The van der Waals surface area contributed by atoms with Crippen LogP contribution in [0.2, 0.25) is 0 Å². The zero-order valence-electron chi connectivity index (χ0n) is 12.6. The molecule has 2 aliphatic rings. The van der Waals surface area contributed by atoms with Crippen molar-refractivity contribution in [2.45, 2.75) is 57.1 Å². The van der Waals surface area contributed by atoms with Gasteiger partial charge in [0.25, 0.3) is 0 Å². The summed E-state index contributed by atoms with van der Waals surface area (Å²) in [6, 6.07) is 8.69. The minimum absolute atomic E-state index is 0.298. The van der Waals surface area contributed by atoms with Crippen molar-refractivity contribution in [1.82, 2.24) is 4.90 Å². The summed E-state index contributed by atoms with van der Waals surface area (Å²) in [4.78, 5) is 2.43. The first-order valence-corrected chi connectivity index (χ1v) is 8.22. The van der Waals surface area contributed by atoms with E-state index in [2.05, 4.69) is 30.1 Å². The molecule has 2 heteroatoms. The normalized spacial score (nSPS) is 27.6. The molecule has 0 radical (unpaired) electrons. The predicted molar refractivity (Wildman–Crippen MR) is 82.7 cm³/mol. The number of hydrogen-bond acceptors (Lipinski definition) is 2. The molecule has 0 bridgehead atoms. The highest BCUT2D eigenvalue weighted by atomic mass is 16.3. The Kier molecular flexibility index (Phi) is 4.42. The minimum Gasteiger partial charge on any atom is -0.387 e. The van der Waals surface area contributed by atoms with Gasteiger partial charge in [-0.1, -0.05) is 43.5 Å². The van der Waals surface area contributed by atoms with Crippen LogP contribution in [0.5, 0.6) is 0 Å². The third-order valence-corrected chi connectivity index (χ3v) is 5.28. The Hall–Kier alpha value is -0.860. The average Bonchev–Trinajstić information content (AvgIpc) is 2.49. The SMILES string of the molecule is CN(CC1CCCCC1)C1CCc2ccccc2C1O. The molecule has 0 aliphatic heterocycles. The number of likely N-dealkylation sites (N-methyl/N-ethyl adjacent to an activating group) is 1. The molecule has 0 spiro atoms. The van der Waals surface area contributed by atoms with Crippen molar-refractivity contribution in [3.63, 3.8) is 0 Å². The Morgan fingerprint density at radius 1 is 1.10 bits per heavy atom. The number of benzene rings is 1. The van der Waals surface area contributed by atoms with Gasteiger partial charge >= 0.3 is 0 Å². The molecule has 2 unspecified atom stereocenters. The van der Waals surface area contributed by atoms with Crippen LogP contribution in [-0.4, -0.2) is 29.6 Å². The van der Waals surface area contributed by atoms with E-state index in [1.807, 2.05) is 6.07 Å². The molecule has 2 atom stereocenters. The predicted octanol–water partition coefficient (Wildman–Crippen LogP) is 3.55. The van der Waals surface area contributed by atoms with Crippen LogP contribution in [0.1, 0.15) is 55.8 Å². The van der Waals surface area contributed by atoms with Gasteiger partial charge in [0.15, 0.2) is 0 Å². The first kappa shape index (κ1) is 14.1. The van der Waals surface area contributed by atoms with Crippen molar-refractivity contribution < 1.29 is 5.11 Å². The molecule has 1 aromatic rings. The summed E-state index contributed by atoms with van der Waals surface area (Å²) >= 11 is 0. The maximum absolute atomic E-state index is 10.7. The molecule has 3 rings (SSSR count). The molecule has 0 amide bonds. The molecule has 0 aromatic heterocycles. The fourth-order valence-electron chi connectivity index (χ4n) is 4.09. The van der Waals surface area contributed by atoms with Crippen LogP contribution in [0.15, 0.2) is 24.3 Å². The number of aryl methyl sites for hydroxylation is 1. The summed E-state index contributed by atoms with van der Waals surface area (Å²) in [6.07, 6.45) is 8.85. The quantitative estimate of drug-likeness (QED) is 0.910. The van der Waals surface area contributed by atoms with Gasteiger partial charge in [0.1, 0.15) is 0 Å². The second-order valence-corrected chi connectivity index (χ2v) is 6.69. The number of hydrogen-bond donors (Lipinski definition) is 1. The highest BCUT2D eigenvalue weighted by Gasteiger charge is 2.31. The smallest absolute Gasteiger partial charge is 0.0947 e. The zero-order chi connectivity index (χ0) is 13.9. The number of aliphatic hydroxyl groups excluding tert-OH is 1. The summed E-state index contributed by atoms with van der Waals surface area (Å²) in [5, 5.41) is 10.7. The fourth-order valence-corrected chi connectivity index (χ4v) is 4.09. The lowest BCUT2D eigenvalue weighted by molar-refractivity contribution is 0.0391. The largest absolute Gasteiger partial charge is 0.387 e. The fraction of sp³-hybridized carbons (Fsp3) is 0.667. The average molecular weight is 273 g/mol. The molecule has 0 saturated heterocycles. The van der Waals surface area contributed by atoms with Gasteiger partial charge in [-0.3, -0.25) is 0 Å². The second kappa shape index (κ2) is 6.28. The van der Waals surface area contributed by atoms with Crippen LogP contribution in [0.25, 0.3) is 0 Å². The second-order valence-electron chi connectivity index (χ2n) is 6.69. The highest BCUT2D eigenvalue weighted by molar-refractivity contribution is 5.32. The summed E-state index contributed by atoms with van der Waals surface area (Å²) in [7, 11) is 2.20. The van der Waals surface area contributed by atoms with Crippen molar-refractivity contribution in [3.8, 4) is 0 Å². The molecule has 1 aromatic carbocycles. The lowest BCUT2D eigenvalue weighted by Gasteiger charge is -2.38. The highest BCUT2D eigenvalue weighted by Crippen LogP contribution is 2.33. The van der Waals surface area contributed by atoms with Crippen LogP contribution in [0.3, 0.4) is 0 Å². The first-order valence-electron chi connectivity index (χ1n) is 8.22. The maximum Gasteiger partial charge on any atom is 0.0947 e. The van der Waals surface area contributed by atoms with Gasteiger partial charge in [0, 0.05) is 12.6 Å². The topological polar surface area (TPSA) is 23.5 Å². The van der Waals surface area contributed by atoms with Gasteiger partial charge in [0.2, 0.25) is 0 Å². The summed E-state index contributed by atoms with van der Waals surface area (Å²) in [6.45, 7) is 1.16. The van der Waals surface area contributed by atoms with E-state index in [0.29, 0.717) is 6.04 Å². The van der Waals surface area contributed by atoms with Gasteiger partial charge < -0.3 is 10.0 Å². The molecular weight excluding hydrogens is 246 g/mol. The van der Waals surface area contributed by atoms with Gasteiger partial charge in [-0.2, -0.15) is 0 Å². The van der Waals surface area contributed by atoms with Gasteiger partial charge in [-0.25, -0.2) is 0 Å². The lowest BCUT2D eigenvalue weighted by atomic mass is 9.84. The maximum atomic E-state index is 10.7. The van der Waals surface area contributed by atoms with E-state index in [4.69, 9.17) is 0 Å². The van der Waals surface area contributed by atoms with E-state index < -0.39 is 0 Å². The standard InChI is InChI=1S/C18H27NO/c1-19(13-14-7-3-2-4-8-14)17-12-11-15-9-5-6-10-16(15)18(17)20/h5-6,9-10,14,17-18,20H,2-4,7-8,11-13H2,1H3. The van der Waals surface area contributed by atoms with Gasteiger partial charge in [-0.05, 0) is 49.8 Å². The molecule has 20 heavy (non-hydrogen) atoms. The van der Waals surface area contributed by atoms with E-state index >= 15 is 0 Å². The van der Waals surface area contributed by atoms with E-state index in [1.165, 1.54) is 37.7 Å². The number of aliphatic hydroxyl groups is 1. The molecule has 1 saturated carbocycles. The monoisotopic (exact) mass is 273 g/mol. The third kappa shape index (κ3) is 2.91. The Bertz CT molecular complexity index is 439. The lowest BCUT2D eigenvalue weighted by Crippen LogP contribution is -2.42. The van der Waals surface area contributed by atoms with Gasteiger partial charge in [0.05, 0.1) is 6.10 Å². The molecular formula is C18H27NO. The third-order valence-electron chi connectivity index (χ3n) is 5.28. The minimum atomic E-state index is -0.312. The Balaban J connectivity index is 1.65.